The predicted molar refractivity (Wildman–Crippen MR) is 113 cm³/mol. The van der Waals surface area contributed by atoms with E-state index in [1.807, 2.05) is 55.5 Å². The second kappa shape index (κ2) is 9.29. The molecule has 0 aliphatic heterocycles. The molecular weight excluding hydrogens is 346 g/mol. The molecule has 0 saturated heterocycles. The first-order valence-electron chi connectivity index (χ1n) is 9.62. The minimum Gasteiger partial charge on any atom is -0.347 e. The third-order valence-electron chi connectivity index (χ3n) is 5.06. The van der Waals surface area contributed by atoms with Crippen LogP contribution in [0.3, 0.4) is 0 Å². The Hall–Kier alpha value is -2.98. The maximum atomic E-state index is 13.0. The molecule has 4 nitrogen and oxygen atoms in total. The number of nitrogens with zero attached hydrogens (tertiary/aromatic N) is 1. The molecule has 144 valence electrons. The average molecular weight is 374 g/mol. The van der Waals surface area contributed by atoms with Gasteiger partial charge in [0.2, 0.25) is 5.91 Å². The lowest BCUT2D eigenvalue weighted by atomic mass is 9.93. The SMILES string of the molecule is Cc1ccc(CC(NC(=O)C(C)C(N)c2ccccc2)c2ccccn2)cc1. The standard InChI is InChI=1S/C24H27N3O/c1-17-11-13-19(14-12-17)16-22(21-10-6-7-15-26-21)27-24(28)18(2)23(25)20-8-4-3-5-9-20/h3-15,18,22-23H,16,25H2,1-2H3,(H,27,28). The number of carbonyl (C=O) groups is 1. The highest BCUT2D eigenvalue weighted by Crippen LogP contribution is 2.22. The highest BCUT2D eigenvalue weighted by atomic mass is 16.2. The summed E-state index contributed by atoms with van der Waals surface area (Å²) in [4.78, 5) is 17.4. The van der Waals surface area contributed by atoms with E-state index in [2.05, 4.69) is 41.5 Å². The first-order valence-corrected chi connectivity index (χ1v) is 9.62. The number of rotatable bonds is 7. The number of nitrogens with two attached hydrogens (primary N) is 1. The fourth-order valence-corrected chi connectivity index (χ4v) is 3.20. The molecule has 2 aromatic carbocycles. The number of aryl methyl sites for hydroxylation is 1. The van der Waals surface area contributed by atoms with Crippen molar-refractivity contribution in [2.24, 2.45) is 11.7 Å². The molecular formula is C24H27N3O. The fraction of sp³-hybridized carbons (Fsp3) is 0.250. The summed E-state index contributed by atoms with van der Waals surface area (Å²) in [5, 5.41) is 3.17. The second-order valence-electron chi connectivity index (χ2n) is 7.23. The Morgan fingerprint density at radius 1 is 1.00 bits per heavy atom. The van der Waals surface area contributed by atoms with E-state index in [1.165, 1.54) is 5.56 Å². The van der Waals surface area contributed by atoms with Gasteiger partial charge in [-0.1, -0.05) is 73.2 Å². The number of pyridine rings is 1. The van der Waals surface area contributed by atoms with Crippen molar-refractivity contribution in [2.45, 2.75) is 32.4 Å². The van der Waals surface area contributed by atoms with Crippen LogP contribution in [0, 0.1) is 12.8 Å². The van der Waals surface area contributed by atoms with Gasteiger partial charge in [-0.2, -0.15) is 0 Å². The topological polar surface area (TPSA) is 68.0 Å². The second-order valence-corrected chi connectivity index (χ2v) is 7.23. The van der Waals surface area contributed by atoms with E-state index >= 15 is 0 Å². The zero-order valence-corrected chi connectivity index (χ0v) is 16.4. The predicted octanol–water partition coefficient (Wildman–Crippen LogP) is 4.13. The van der Waals surface area contributed by atoms with Crippen LogP contribution in [-0.4, -0.2) is 10.9 Å². The first-order chi connectivity index (χ1) is 13.5. The van der Waals surface area contributed by atoms with E-state index in [9.17, 15) is 4.79 Å². The molecule has 0 radical (unpaired) electrons. The van der Waals surface area contributed by atoms with Crippen molar-refractivity contribution in [1.82, 2.24) is 10.3 Å². The number of amides is 1. The Bertz CT molecular complexity index is 879. The van der Waals surface area contributed by atoms with Crippen molar-refractivity contribution in [3.05, 3.63) is 101 Å². The van der Waals surface area contributed by atoms with Gasteiger partial charge in [0.25, 0.3) is 0 Å². The summed E-state index contributed by atoms with van der Waals surface area (Å²) in [5.74, 6) is -0.425. The molecule has 3 aromatic rings. The maximum Gasteiger partial charge on any atom is 0.225 e. The van der Waals surface area contributed by atoms with Crippen LogP contribution in [0.5, 0.6) is 0 Å². The number of hydrogen-bond donors (Lipinski definition) is 2. The van der Waals surface area contributed by atoms with Gasteiger partial charge in [0, 0.05) is 12.2 Å². The zero-order chi connectivity index (χ0) is 19.9. The highest BCUT2D eigenvalue weighted by Gasteiger charge is 2.25. The van der Waals surface area contributed by atoms with E-state index in [-0.39, 0.29) is 23.9 Å². The van der Waals surface area contributed by atoms with Crippen LogP contribution >= 0.6 is 0 Å². The van der Waals surface area contributed by atoms with Gasteiger partial charge in [0.15, 0.2) is 0 Å². The van der Waals surface area contributed by atoms with Crippen LogP contribution in [-0.2, 0) is 11.2 Å². The maximum absolute atomic E-state index is 13.0. The molecule has 3 atom stereocenters. The van der Waals surface area contributed by atoms with Crippen molar-refractivity contribution in [3.63, 3.8) is 0 Å². The van der Waals surface area contributed by atoms with E-state index in [4.69, 9.17) is 5.73 Å². The Morgan fingerprint density at radius 2 is 1.68 bits per heavy atom. The quantitative estimate of drug-likeness (QED) is 0.654. The monoisotopic (exact) mass is 373 g/mol. The van der Waals surface area contributed by atoms with E-state index in [1.54, 1.807) is 6.20 Å². The minimum absolute atomic E-state index is 0.0703. The molecule has 3 rings (SSSR count). The normalized spacial score (nSPS) is 14.1. The summed E-state index contributed by atoms with van der Waals surface area (Å²) < 4.78 is 0. The summed E-state index contributed by atoms with van der Waals surface area (Å²) in [6.45, 7) is 3.93. The first kappa shape index (κ1) is 19.8. The zero-order valence-electron chi connectivity index (χ0n) is 16.4. The molecule has 28 heavy (non-hydrogen) atoms. The fourth-order valence-electron chi connectivity index (χ4n) is 3.20. The summed E-state index contributed by atoms with van der Waals surface area (Å²) >= 11 is 0. The lowest BCUT2D eigenvalue weighted by Crippen LogP contribution is -2.38. The number of carbonyl (C=O) groups excluding carboxylic acids is 1. The average Bonchev–Trinajstić information content (AvgIpc) is 2.75. The Balaban J connectivity index is 1.76. The smallest absolute Gasteiger partial charge is 0.225 e. The lowest BCUT2D eigenvalue weighted by Gasteiger charge is -2.24. The number of aromatic nitrogens is 1. The van der Waals surface area contributed by atoms with Crippen LogP contribution in [0.25, 0.3) is 0 Å². The summed E-state index contributed by atoms with van der Waals surface area (Å²) in [7, 11) is 0. The summed E-state index contributed by atoms with van der Waals surface area (Å²) in [6.07, 6.45) is 2.43. The van der Waals surface area contributed by atoms with Crippen molar-refractivity contribution in [3.8, 4) is 0 Å². The van der Waals surface area contributed by atoms with Gasteiger partial charge in [0.1, 0.15) is 0 Å². The van der Waals surface area contributed by atoms with Gasteiger partial charge in [-0.25, -0.2) is 0 Å². The Labute approximate surface area is 166 Å². The molecule has 0 bridgehead atoms. The molecule has 3 unspecified atom stereocenters. The third kappa shape index (κ3) is 5.05. The van der Waals surface area contributed by atoms with Gasteiger partial charge in [-0.3, -0.25) is 9.78 Å². The molecule has 0 spiro atoms. The van der Waals surface area contributed by atoms with Crippen LogP contribution < -0.4 is 11.1 Å². The molecule has 0 aliphatic carbocycles. The van der Waals surface area contributed by atoms with Gasteiger partial charge in [-0.15, -0.1) is 0 Å². The van der Waals surface area contributed by atoms with Gasteiger partial charge < -0.3 is 11.1 Å². The molecule has 0 saturated carbocycles. The molecule has 0 aliphatic rings. The van der Waals surface area contributed by atoms with Crippen LogP contribution in [0.1, 0.15) is 41.4 Å². The Kier molecular flexibility index (Phi) is 6.56. The van der Waals surface area contributed by atoms with Crippen LogP contribution in [0.4, 0.5) is 0 Å². The molecule has 3 N–H and O–H groups in total. The number of nitrogens with one attached hydrogen (secondary N) is 1. The molecule has 1 aromatic heterocycles. The summed E-state index contributed by atoms with van der Waals surface area (Å²) in [5.41, 5.74) is 10.5. The van der Waals surface area contributed by atoms with Crippen molar-refractivity contribution in [1.29, 1.82) is 0 Å². The summed E-state index contributed by atoms with van der Waals surface area (Å²) in [6, 6.07) is 23.3. The Morgan fingerprint density at radius 3 is 2.32 bits per heavy atom. The molecule has 1 amide bonds. The molecule has 1 heterocycles. The highest BCUT2D eigenvalue weighted by molar-refractivity contribution is 5.79. The largest absolute Gasteiger partial charge is 0.347 e. The van der Waals surface area contributed by atoms with Gasteiger partial charge >= 0.3 is 0 Å². The third-order valence-corrected chi connectivity index (χ3v) is 5.06. The van der Waals surface area contributed by atoms with Crippen LogP contribution in [0.15, 0.2) is 79.0 Å². The van der Waals surface area contributed by atoms with Crippen LogP contribution in [0.2, 0.25) is 0 Å². The van der Waals surface area contributed by atoms with Gasteiger partial charge in [0.05, 0.1) is 17.7 Å². The van der Waals surface area contributed by atoms with Crippen molar-refractivity contribution >= 4 is 5.91 Å². The minimum atomic E-state index is -0.357. The molecule has 0 fully saturated rings. The van der Waals surface area contributed by atoms with E-state index in [0.29, 0.717) is 6.42 Å². The van der Waals surface area contributed by atoms with Crippen molar-refractivity contribution in [2.75, 3.05) is 0 Å². The van der Waals surface area contributed by atoms with E-state index in [0.717, 1.165) is 16.8 Å². The van der Waals surface area contributed by atoms with Crippen molar-refractivity contribution < 1.29 is 4.79 Å². The lowest BCUT2D eigenvalue weighted by molar-refractivity contribution is -0.126. The van der Waals surface area contributed by atoms with E-state index < -0.39 is 0 Å². The molecule has 4 heteroatoms. The van der Waals surface area contributed by atoms with Gasteiger partial charge in [-0.05, 0) is 36.6 Å². The number of benzene rings is 2. The number of hydrogen-bond acceptors (Lipinski definition) is 3.